The van der Waals surface area contributed by atoms with E-state index in [0.717, 1.165) is 31.5 Å². The van der Waals surface area contributed by atoms with Gasteiger partial charge in [0.05, 0.1) is 0 Å². The normalized spacial score (nSPS) is 15.4. The molecule has 1 aromatic carbocycles. The van der Waals surface area contributed by atoms with Crippen LogP contribution in [0.25, 0.3) is 0 Å². The molecule has 1 aliphatic rings. The molecular formula is C19H27N7O. The number of amides is 1. The van der Waals surface area contributed by atoms with E-state index < -0.39 is 0 Å². The van der Waals surface area contributed by atoms with E-state index in [-0.39, 0.29) is 5.91 Å². The Morgan fingerprint density at radius 3 is 2.56 bits per heavy atom. The smallest absolute Gasteiger partial charge is 0.269 e. The quantitative estimate of drug-likeness (QED) is 0.689. The van der Waals surface area contributed by atoms with Gasteiger partial charge in [0.25, 0.3) is 5.91 Å². The van der Waals surface area contributed by atoms with E-state index in [4.69, 9.17) is 5.73 Å². The SMILES string of the molecule is Cc1ccc(C(=O)NNc2ncnc(N(C)C3CCN(C)CC3)c2N)cc1. The molecule has 0 unspecified atom stereocenters. The number of carbonyl (C=O) groups is 1. The zero-order valence-electron chi connectivity index (χ0n) is 16.1. The molecule has 2 heterocycles. The number of anilines is 3. The molecule has 1 fully saturated rings. The fraction of sp³-hybridized carbons (Fsp3) is 0.421. The van der Waals surface area contributed by atoms with Gasteiger partial charge in [0, 0.05) is 18.7 Å². The van der Waals surface area contributed by atoms with Crippen LogP contribution >= 0.6 is 0 Å². The molecule has 0 aliphatic carbocycles. The number of nitrogens with two attached hydrogens (primary N) is 1. The van der Waals surface area contributed by atoms with Gasteiger partial charge in [-0.2, -0.15) is 0 Å². The number of hydrogen-bond acceptors (Lipinski definition) is 7. The fourth-order valence-electron chi connectivity index (χ4n) is 3.22. The topological polar surface area (TPSA) is 99.4 Å². The van der Waals surface area contributed by atoms with Crippen molar-refractivity contribution in [3.05, 3.63) is 41.7 Å². The van der Waals surface area contributed by atoms with Crippen molar-refractivity contribution in [1.29, 1.82) is 0 Å². The van der Waals surface area contributed by atoms with Crippen LogP contribution in [0.15, 0.2) is 30.6 Å². The van der Waals surface area contributed by atoms with Crippen LogP contribution in [0.3, 0.4) is 0 Å². The number of carbonyl (C=O) groups excluding carboxylic acids is 1. The summed E-state index contributed by atoms with van der Waals surface area (Å²) in [7, 11) is 4.14. The standard InChI is InChI=1S/C19H27N7O/c1-13-4-6-14(7-5-13)19(27)24-23-17-16(20)18(22-12-21-17)26(3)15-8-10-25(2)11-9-15/h4-7,12,15H,8-11,20H2,1-3H3,(H,24,27)(H,21,22,23). The van der Waals surface area contributed by atoms with Crippen LogP contribution < -0.4 is 21.5 Å². The highest BCUT2D eigenvalue weighted by Gasteiger charge is 2.24. The van der Waals surface area contributed by atoms with Crippen molar-refractivity contribution in [2.45, 2.75) is 25.8 Å². The summed E-state index contributed by atoms with van der Waals surface area (Å²) in [6, 6.07) is 7.71. The van der Waals surface area contributed by atoms with Crippen LogP contribution in [0.2, 0.25) is 0 Å². The van der Waals surface area contributed by atoms with Crippen LogP contribution in [0.5, 0.6) is 0 Å². The van der Waals surface area contributed by atoms with Crippen molar-refractivity contribution in [1.82, 2.24) is 20.3 Å². The van der Waals surface area contributed by atoms with Gasteiger partial charge in [-0.25, -0.2) is 9.97 Å². The highest BCUT2D eigenvalue weighted by Crippen LogP contribution is 2.28. The van der Waals surface area contributed by atoms with E-state index in [1.165, 1.54) is 6.33 Å². The maximum Gasteiger partial charge on any atom is 0.269 e. The summed E-state index contributed by atoms with van der Waals surface area (Å²) in [6.07, 6.45) is 3.57. The number of hydrazine groups is 1. The molecule has 0 radical (unpaired) electrons. The molecule has 1 amide bonds. The number of nitrogens with one attached hydrogen (secondary N) is 2. The predicted molar refractivity (Wildman–Crippen MR) is 108 cm³/mol. The van der Waals surface area contributed by atoms with Crippen LogP contribution in [0.4, 0.5) is 17.3 Å². The molecule has 144 valence electrons. The summed E-state index contributed by atoms with van der Waals surface area (Å²) in [5.74, 6) is 0.810. The Morgan fingerprint density at radius 2 is 1.89 bits per heavy atom. The van der Waals surface area contributed by atoms with E-state index in [9.17, 15) is 4.79 Å². The summed E-state index contributed by atoms with van der Waals surface area (Å²) < 4.78 is 0. The second-order valence-corrected chi connectivity index (χ2v) is 7.05. The molecule has 3 rings (SSSR count). The minimum absolute atomic E-state index is 0.252. The van der Waals surface area contributed by atoms with Gasteiger partial charge in [-0.3, -0.25) is 15.6 Å². The van der Waals surface area contributed by atoms with Crippen molar-refractivity contribution in [2.75, 3.05) is 43.2 Å². The van der Waals surface area contributed by atoms with Gasteiger partial charge in [-0.15, -0.1) is 0 Å². The zero-order valence-corrected chi connectivity index (χ0v) is 16.1. The number of benzene rings is 1. The average Bonchev–Trinajstić information content (AvgIpc) is 2.67. The van der Waals surface area contributed by atoms with E-state index in [2.05, 4.69) is 37.7 Å². The van der Waals surface area contributed by atoms with Crippen molar-refractivity contribution in [3.63, 3.8) is 0 Å². The third kappa shape index (κ3) is 4.46. The van der Waals surface area contributed by atoms with Gasteiger partial charge in [0.15, 0.2) is 11.6 Å². The molecule has 0 saturated carbocycles. The number of hydrogen-bond donors (Lipinski definition) is 3. The molecule has 1 saturated heterocycles. The Hall–Kier alpha value is -2.87. The third-order valence-electron chi connectivity index (χ3n) is 5.04. The van der Waals surface area contributed by atoms with Crippen molar-refractivity contribution in [2.24, 2.45) is 0 Å². The third-order valence-corrected chi connectivity index (χ3v) is 5.04. The monoisotopic (exact) mass is 369 g/mol. The molecule has 1 aliphatic heterocycles. The first-order chi connectivity index (χ1) is 13.0. The lowest BCUT2D eigenvalue weighted by Crippen LogP contribution is -2.42. The van der Waals surface area contributed by atoms with Crippen LogP contribution in [-0.2, 0) is 0 Å². The number of piperidine rings is 1. The maximum absolute atomic E-state index is 12.3. The molecule has 8 nitrogen and oxygen atoms in total. The highest BCUT2D eigenvalue weighted by atomic mass is 16.2. The summed E-state index contributed by atoms with van der Waals surface area (Å²) >= 11 is 0. The summed E-state index contributed by atoms with van der Waals surface area (Å²) in [6.45, 7) is 4.08. The minimum Gasteiger partial charge on any atom is -0.393 e. The number of aromatic nitrogens is 2. The molecule has 1 aromatic heterocycles. The Morgan fingerprint density at radius 1 is 1.22 bits per heavy atom. The van der Waals surface area contributed by atoms with Gasteiger partial charge >= 0.3 is 0 Å². The van der Waals surface area contributed by atoms with Crippen molar-refractivity contribution >= 4 is 23.2 Å². The summed E-state index contributed by atoms with van der Waals surface area (Å²) in [5, 5.41) is 0. The maximum atomic E-state index is 12.3. The van der Waals surface area contributed by atoms with E-state index in [1.807, 2.05) is 26.1 Å². The van der Waals surface area contributed by atoms with Gasteiger partial charge in [-0.1, -0.05) is 17.7 Å². The number of nitrogen functional groups attached to an aromatic ring is 1. The van der Waals surface area contributed by atoms with E-state index in [0.29, 0.717) is 28.9 Å². The Balaban J connectivity index is 1.67. The van der Waals surface area contributed by atoms with E-state index in [1.54, 1.807) is 12.1 Å². The number of rotatable bonds is 5. The molecule has 8 heteroatoms. The summed E-state index contributed by atoms with van der Waals surface area (Å²) in [4.78, 5) is 25.2. The van der Waals surface area contributed by atoms with Crippen molar-refractivity contribution < 1.29 is 4.79 Å². The second-order valence-electron chi connectivity index (χ2n) is 7.05. The largest absolute Gasteiger partial charge is 0.393 e. The first-order valence-electron chi connectivity index (χ1n) is 9.10. The highest BCUT2D eigenvalue weighted by molar-refractivity contribution is 5.95. The number of likely N-dealkylation sites (tertiary alicyclic amines) is 1. The number of nitrogens with zero attached hydrogens (tertiary/aromatic N) is 4. The van der Waals surface area contributed by atoms with E-state index >= 15 is 0 Å². The van der Waals surface area contributed by atoms with Crippen LogP contribution in [0.1, 0.15) is 28.8 Å². The van der Waals surface area contributed by atoms with Gasteiger partial charge < -0.3 is 15.5 Å². The lowest BCUT2D eigenvalue weighted by Gasteiger charge is -2.36. The Kier molecular flexibility index (Phi) is 5.75. The second kappa shape index (κ2) is 8.22. The first kappa shape index (κ1) is 18.9. The Bertz CT molecular complexity index is 785. The zero-order chi connectivity index (χ0) is 19.4. The molecule has 27 heavy (non-hydrogen) atoms. The minimum atomic E-state index is -0.252. The molecular weight excluding hydrogens is 342 g/mol. The molecule has 4 N–H and O–H groups in total. The Labute approximate surface area is 159 Å². The van der Waals surface area contributed by atoms with Crippen molar-refractivity contribution in [3.8, 4) is 0 Å². The molecule has 2 aromatic rings. The lowest BCUT2D eigenvalue weighted by atomic mass is 10.0. The van der Waals surface area contributed by atoms with Gasteiger partial charge in [0.2, 0.25) is 0 Å². The number of aryl methyl sites for hydroxylation is 1. The summed E-state index contributed by atoms with van der Waals surface area (Å²) in [5.41, 5.74) is 13.8. The van der Waals surface area contributed by atoms with Crippen LogP contribution in [0, 0.1) is 6.92 Å². The van der Waals surface area contributed by atoms with Crippen LogP contribution in [-0.4, -0.2) is 54.0 Å². The predicted octanol–water partition coefficient (Wildman–Crippen LogP) is 1.65. The molecule has 0 atom stereocenters. The molecule has 0 spiro atoms. The van der Waals surface area contributed by atoms with Gasteiger partial charge in [0.1, 0.15) is 12.0 Å². The lowest BCUT2D eigenvalue weighted by molar-refractivity contribution is 0.0962. The molecule has 0 bridgehead atoms. The average molecular weight is 369 g/mol. The van der Waals surface area contributed by atoms with Gasteiger partial charge in [-0.05, 0) is 52.0 Å². The fourth-order valence-corrected chi connectivity index (χ4v) is 3.22. The first-order valence-corrected chi connectivity index (χ1v) is 9.10.